The van der Waals surface area contributed by atoms with Gasteiger partial charge in [0.2, 0.25) is 6.10 Å². The Balaban J connectivity index is 2.21. The lowest BCUT2D eigenvalue weighted by Gasteiger charge is -2.33. The molecule has 0 unspecified atom stereocenters. The van der Waals surface area contributed by atoms with E-state index in [4.69, 9.17) is 31.1 Å². The molecule has 34 heavy (non-hydrogen) atoms. The molecule has 1 fully saturated rings. The second kappa shape index (κ2) is 9.64. The van der Waals surface area contributed by atoms with Crippen LogP contribution < -0.4 is 5.73 Å². The van der Waals surface area contributed by atoms with Crippen LogP contribution in [0.1, 0.15) is 46.3 Å². The molecule has 2 N–H and O–H groups in total. The second-order valence-corrected chi connectivity index (χ2v) is 7.48. The summed E-state index contributed by atoms with van der Waals surface area (Å²) in [5.41, 5.74) is 4.33. The Kier molecular flexibility index (Phi) is 7.07. The van der Waals surface area contributed by atoms with Crippen LogP contribution in [0.25, 0.3) is 11.2 Å². The summed E-state index contributed by atoms with van der Waals surface area (Å²) in [6.45, 7) is 3.53. The summed E-state index contributed by atoms with van der Waals surface area (Å²) in [6.07, 6.45) is 4.53. The van der Waals surface area contributed by atoms with Crippen LogP contribution in [0.4, 0.5) is 10.1 Å². The first-order chi connectivity index (χ1) is 16.2. The number of carbonyl (C=O) groups excluding carboxylic acids is 3. The van der Waals surface area contributed by atoms with E-state index in [2.05, 4.69) is 15.9 Å². The fourth-order valence-electron chi connectivity index (χ4n) is 3.49. The highest BCUT2D eigenvalue weighted by Crippen LogP contribution is 2.50. The van der Waals surface area contributed by atoms with Crippen LogP contribution in [-0.4, -0.2) is 56.6 Å². The van der Waals surface area contributed by atoms with Crippen molar-refractivity contribution in [2.45, 2.75) is 63.8 Å². The van der Waals surface area contributed by atoms with Gasteiger partial charge < -0.3 is 24.7 Å². The third-order valence-electron chi connectivity index (χ3n) is 5.25. The Hall–Kier alpha value is -3.72. The molecule has 12 heteroatoms. The van der Waals surface area contributed by atoms with Crippen molar-refractivity contribution in [2.24, 2.45) is 0 Å². The zero-order valence-electron chi connectivity index (χ0n) is 18.9. The van der Waals surface area contributed by atoms with E-state index in [0.717, 1.165) is 0 Å². The molecule has 2 aromatic rings. The number of fused-ring (bicyclic) bond motifs is 1. The van der Waals surface area contributed by atoms with E-state index in [-0.39, 0.29) is 36.1 Å². The monoisotopic (exact) mass is 476 g/mol. The van der Waals surface area contributed by atoms with Gasteiger partial charge in [-0.3, -0.25) is 19.0 Å². The molecular formula is C22H25FN4O7. The number of ether oxygens (including phenoxy) is 4. The van der Waals surface area contributed by atoms with Crippen LogP contribution in [0.5, 0.6) is 0 Å². The predicted octanol–water partition coefficient (Wildman–Crippen LogP) is 1.81. The number of nitrogens with zero attached hydrogens (tertiary/aromatic N) is 3. The number of anilines is 1. The van der Waals surface area contributed by atoms with Gasteiger partial charge in [-0.1, -0.05) is 20.8 Å². The zero-order valence-corrected chi connectivity index (χ0v) is 18.9. The number of alkyl halides is 1. The number of terminal acetylenes is 1. The van der Waals surface area contributed by atoms with E-state index in [9.17, 15) is 14.4 Å². The molecule has 4 atom stereocenters. The van der Waals surface area contributed by atoms with Crippen molar-refractivity contribution < 1.29 is 37.7 Å². The minimum atomic E-state index is -2.97. The molecule has 2 aromatic heterocycles. The molecule has 0 aliphatic carbocycles. The third kappa shape index (κ3) is 4.26. The minimum absolute atomic E-state index is 0.0423. The fourth-order valence-corrected chi connectivity index (χ4v) is 3.49. The summed E-state index contributed by atoms with van der Waals surface area (Å²) in [4.78, 5) is 44.8. The highest BCUT2D eigenvalue weighted by molar-refractivity contribution is 5.84. The van der Waals surface area contributed by atoms with Crippen LogP contribution >= 0.6 is 0 Å². The van der Waals surface area contributed by atoms with Crippen molar-refractivity contribution >= 4 is 34.8 Å². The van der Waals surface area contributed by atoms with Crippen molar-refractivity contribution in [1.29, 1.82) is 0 Å². The first kappa shape index (κ1) is 24.9. The molecule has 0 saturated carbocycles. The van der Waals surface area contributed by atoms with Crippen molar-refractivity contribution in [1.82, 2.24) is 14.5 Å². The minimum Gasteiger partial charge on any atom is -0.459 e. The predicted molar refractivity (Wildman–Crippen MR) is 115 cm³/mol. The Bertz CT molecular complexity index is 1150. The average molecular weight is 476 g/mol. The number of carbonyl (C=O) groups is 3. The van der Waals surface area contributed by atoms with E-state index in [1.807, 2.05) is 0 Å². The van der Waals surface area contributed by atoms with Gasteiger partial charge in [0.15, 0.2) is 18.5 Å². The number of imidazole rings is 1. The van der Waals surface area contributed by atoms with Crippen molar-refractivity contribution in [3.63, 3.8) is 0 Å². The van der Waals surface area contributed by atoms with Crippen LogP contribution in [0.2, 0.25) is 0 Å². The molecule has 3 heterocycles. The van der Waals surface area contributed by atoms with Gasteiger partial charge in [-0.25, -0.2) is 14.4 Å². The normalized spacial score (nSPS) is 26.1. The Morgan fingerprint density at radius 1 is 1.21 bits per heavy atom. The summed E-state index contributed by atoms with van der Waals surface area (Å²) in [5, 5.41) is 0. The number of esters is 3. The molecule has 0 spiro atoms. The van der Waals surface area contributed by atoms with Gasteiger partial charge in [-0.2, -0.15) is 0 Å². The van der Waals surface area contributed by atoms with Crippen LogP contribution in [0, 0.1) is 12.3 Å². The van der Waals surface area contributed by atoms with Gasteiger partial charge in [0.25, 0.3) is 11.5 Å². The summed E-state index contributed by atoms with van der Waals surface area (Å²) in [7, 11) is 0. The van der Waals surface area contributed by atoms with E-state index >= 15 is 4.39 Å². The number of nitrogens with two attached hydrogens (primary N) is 1. The van der Waals surface area contributed by atoms with E-state index < -0.39 is 48.3 Å². The summed E-state index contributed by atoms with van der Waals surface area (Å²) >= 11 is 0. The highest BCUT2D eigenvalue weighted by atomic mass is 19.2. The van der Waals surface area contributed by atoms with Gasteiger partial charge in [0, 0.05) is 25.5 Å². The molecule has 0 bridgehead atoms. The topological polar surface area (TPSA) is 145 Å². The smallest absolute Gasteiger partial charge is 0.307 e. The molecule has 1 aliphatic rings. The van der Waals surface area contributed by atoms with Crippen molar-refractivity contribution in [2.75, 3.05) is 12.3 Å². The summed E-state index contributed by atoms with van der Waals surface area (Å²) in [5.74, 6) is -3.10. The van der Waals surface area contributed by atoms with Crippen LogP contribution in [0.3, 0.4) is 0 Å². The fraction of sp³-hybridized carbons (Fsp3) is 0.500. The van der Waals surface area contributed by atoms with Crippen LogP contribution in [-0.2, 0) is 33.3 Å². The van der Waals surface area contributed by atoms with Gasteiger partial charge >= 0.3 is 17.9 Å². The lowest BCUT2D eigenvalue weighted by atomic mass is 9.92. The maximum Gasteiger partial charge on any atom is 0.307 e. The van der Waals surface area contributed by atoms with Gasteiger partial charge in [-0.15, -0.1) is 6.42 Å². The van der Waals surface area contributed by atoms with E-state index in [0.29, 0.717) is 0 Å². The number of aromatic nitrogens is 3. The van der Waals surface area contributed by atoms with Gasteiger partial charge in [0.05, 0.1) is 12.0 Å². The summed E-state index contributed by atoms with van der Waals surface area (Å²) in [6, 6.07) is 1.51. The molecule has 1 saturated heterocycles. The number of pyridine rings is 1. The number of rotatable bonds is 8. The molecule has 0 amide bonds. The lowest BCUT2D eigenvalue weighted by molar-refractivity contribution is -0.224. The second-order valence-electron chi connectivity index (χ2n) is 7.48. The summed E-state index contributed by atoms with van der Waals surface area (Å²) < 4.78 is 39.1. The number of halogens is 1. The third-order valence-corrected chi connectivity index (χ3v) is 5.25. The van der Waals surface area contributed by atoms with E-state index in [1.54, 1.807) is 0 Å². The Labute approximate surface area is 194 Å². The first-order valence-electron chi connectivity index (χ1n) is 10.6. The Morgan fingerprint density at radius 3 is 2.50 bits per heavy atom. The maximum absolute atomic E-state index is 16.4. The molecule has 182 valence electrons. The van der Waals surface area contributed by atoms with Gasteiger partial charge in [0.1, 0.15) is 5.52 Å². The highest BCUT2D eigenvalue weighted by Gasteiger charge is 2.71. The van der Waals surface area contributed by atoms with Crippen molar-refractivity contribution in [3.8, 4) is 12.3 Å². The van der Waals surface area contributed by atoms with Crippen molar-refractivity contribution in [3.05, 3.63) is 18.6 Å². The average Bonchev–Trinajstić information content (AvgIpc) is 3.36. The largest absolute Gasteiger partial charge is 0.459 e. The SMILES string of the molecule is C#C[C@]1(OC(=O)CC)[C@H](n2cnc3c(N)ccnc32)O[C@](F)(COC(=O)CC)[C@H]1OC(=O)CC. The van der Waals surface area contributed by atoms with Gasteiger partial charge in [-0.05, 0) is 12.0 Å². The maximum atomic E-state index is 16.4. The molecule has 1 aliphatic heterocycles. The molecule has 0 aromatic carbocycles. The number of nitrogen functional groups attached to an aromatic ring is 1. The lowest BCUT2D eigenvalue weighted by Crippen LogP contribution is -2.55. The zero-order chi connectivity index (χ0) is 25.1. The standard InChI is InChI=1S/C22H25FN4O7/c1-5-14(28)31-11-22(23)19(32-15(29)6-2)21(8-4,33-16(30)7-3)20(34-22)27-12-26-17-13(24)9-10-25-18(17)27/h4,9-10,12,19-20H,5-7,11H2,1-3H3,(H2,24,25)/t19-,20+,21+,22+/m0/s1. The van der Waals surface area contributed by atoms with Crippen LogP contribution in [0.15, 0.2) is 18.6 Å². The van der Waals surface area contributed by atoms with E-state index in [1.165, 1.54) is 43.9 Å². The Morgan fingerprint density at radius 2 is 1.88 bits per heavy atom. The molecule has 0 radical (unpaired) electrons. The molecule has 11 nitrogen and oxygen atoms in total. The quantitative estimate of drug-likeness (QED) is 0.340. The number of hydrogen-bond acceptors (Lipinski definition) is 10. The molecular weight excluding hydrogens is 451 g/mol. The molecule has 3 rings (SSSR count). The first-order valence-corrected chi connectivity index (χ1v) is 10.6. The number of hydrogen-bond donors (Lipinski definition) is 1.